The number of benzene rings is 1. The van der Waals surface area contributed by atoms with Crippen molar-refractivity contribution in [2.45, 2.75) is 44.3 Å². The maximum atomic E-state index is 13.4. The fourth-order valence-corrected chi connectivity index (χ4v) is 4.57. The topological polar surface area (TPSA) is 74.7 Å². The van der Waals surface area contributed by atoms with E-state index in [2.05, 4.69) is 17.3 Å². The molecule has 164 valence electrons. The maximum absolute atomic E-state index is 13.4. The molecule has 2 aliphatic rings. The van der Waals surface area contributed by atoms with Crippen molar-refractivity contribution in [3.8, 4) is 0 Å². The van der Waals surface area contributed by atoms with Gasteiger partial charge in [-0.15, -0.1) is 0 Å². The van der Waals surface area contributed by atoms with Crippen molar-refractivity contribution >= 4 is 11.8 Å². The average Bonchev–Trinajstić information content (AvgIpc) is 3.28. The first kappa shape index (κ1) is 21.3. The minimum Gasteiger partial charge on any atom is -0.352 e. The molecular formula is C24H30N4O3. The van der Waals surface area contributed by atoms with Gasteiger partial charge in [-0.2, -0.15) is 0 Å². The van der Waals surface area contributed by atoms with E-state index in [0.29, 0.717) is 12.1 Å². The summed E-state index contributed by atoms with van der Waals surface area (Å²) in [5.74, 6) is -0.299. The molecule has 1 aliphatic heterocycles. The van der Waals surface area contributed by atoms with Gasteiger partial charge in [0, 0.05) is 37.9 Å². The van der Waals surface area contributed by atoms with Crippen LogP contribution in [0, 0.1) is 0 Å². The molecule has 4 rings (SSSR count). The van der Waals surface area contributed by atoms with E-state index in [-0.39, 0.29) is 36.0 Å². The number of rotatable bonds is 5. The first-order valence-corrected chi connectivity index (χ1v) is 11.1. The highest BCUT2D eigenvalue weighted by Crippen LogP contribution is 2.26. The average molecular weight is 423 g/mol. The van der Waals surface area contributed by atoms with Crippen LogP contribution in [0.4, 0.5) is 0 Å². The van der Waals surface area contributed by atoms with Crippen molar-refractivity contribution in [1.29, 1.82) is 0 Å². The van der Waals surface area contributed by atoms with E-state index in [0.717, 1.165) is 44.3 Å². The van der Waals surface area contributed by atoms with Gasteiger partial charge in [-0.25, -0.2) is 0 Å². The van der Waals surface area contributed by atoms with E-state index < -0.39 is 0 Å². The predicted octanol–water partition coefficient (Wildman–Crippen LogP) is 2.04. The van der Waals surface area contributed by atoms with Crippen LogP contribution in [0.3, 0.4) is 0 Å². The first-order chi connectivity index (χ1) is 15.0. The summed E-state index contributed by atoms with van der Waals surface area (Å²) in [4.78, 5) is 42.2. The molecule has 2 fully saturated rings. The SMILES string of the molecule is CN1CCN(C(=O)c2ccc(=O)n(CC(=O)NC3CCCC3)c2)C(c2ccccc2)C1. The lowest BCUT2D eigenvalue weighted by atomic mass is 10.0. The van der Waals surface area contributed by atoms with Crippen LogP contribution in [0.5, 0.6) is 0 Å². The highest BCUT2D eigenvalue weighted by Gasteiger charge is 2.31. The molecule has 2 aromatic rings. The maximum Gasteiger partial charge on any atom is 0.255 e. The lowest BCUT2D eigenvalue weighted by molar-refractivity contribution is -0.122. The number of piperazine rings is 1. The Kier molecular flexibility index (Phi) is 6.51. The number of nitrogens with zero attached hydrogens (tertiary/aromatic N) is 3. The second-order valence-electron chi connectivity index (χ2n) is 8.62. The van der Waals surface area contributed by atoms with Gasteiger partial charge >= 0.3 is 0 Å². The minimum absolute atomic E-state index is 0.0570. The molecule has 7 heteroatoms. The number of amides is 2. The van der Waals surface area contributed by atoms with Gasteiger partial charge in [-0.05, 0) is 31.5 Å². The zero-order chi connectivity index (χ0) is 21.8. The zero-order valence-electron chi connectivity index (χ0n) is 18.0. The van der Waals surface area contributed by atoms with Crippen molar-refractivity contribution in [1.82, 2.24) is 19.7 Å². The van der Waals surface area contributed by atoms with Crippen LogP contribution in [0.25, 0.3) is 0 Å². The summed E-state index contributed by atoms with van der Waals surface area (Å²) in [5.41, 5.74) is 1.24. The summed E-state index contributed by atoms with van der Waals surface area (Å²) in [6.07, 6.45) is 5.76. The van der Waals surface area contributed by atoms with E-state index in [9.17, 15) is 14.4 Å². The lowest BCUT2D eigenvalue weighted by Gasteiger charge is -2.40. The van der Waals surface area contributed by atoms with Crippen LogP contribution in [-0.2, 0) is 11.3 Å². The number of likely N-dealkylation sites (N-methyl/N-ethyl adjacent to an activating group) is 1. The fraction of sp³-hybridized carbons (Fsp3) is 0.458. The lowest BCUT2D eigenvalue weighted by Crippen LogP contribution is -2.49. The molecule has 1 aliphatic carbocycles. The van der Waals surface area contributed by atoms with Crippen molar-refractivity contribution in [3.63, 3.8) is 0 Å². The van der Waals surface area contributed by atoms with Gasteiger partial charge in [-0.1, -0.05) is 43.2 Å². The second-order valence-corrected chi connectivity index (χ2v) is 8.62. The number of aromatic nitrogens is 1. The van der Waals surface area contributed by atoms with E-state index in [1.807, 2.05) is 35.2 Å². The third-order valence-corrected chi connectivity index (χ3v) is 6.29. The smallest absolute Gasteiger partial charge is 0.255 e. The highest BCUT2D eigenvalue weighted by atomic mass is 16.2. The molecule has 7 nitrogen and oxygen atoms in total. The quantitative estimate of drug-likeness (QED) is 0.800. The van der Waals surface area contributed by atoms with Gasteiger partial charge in [0.1, 0.15) is 6.54 Å². The predicted molar refractivity (Wildman–Crippen MR) is 119 cm³/mol. The number of nitrogens with one attached hydrogen (secondary N) is 1. The number of pyridine rings is 1. The monoisotopic (exact) mass is 422 g/mol. The Bertz CT molecular complexity index is 982. The van der Waals surface area contributed by atoms with Crippen molar-refractivity contribution < 1.29 is 9.59 Å². The van der Waals surface area contributed by atoms with Crippen LogP contribution in [-0.4, -0.2) is 58.9 Å². The molecule has 1 aromatic carbocycles. The third-order valence-electron chi connectivity index (χ3n) is 6.29. The number of carbonyl (C=O) groups excluding carboxylic acids is 2. The molecular weight excluding hydrogens is 392 g/mol. The molecule has 2 amide bonds. The number of hydrogen-bond acceptors (Lipinski definition) is 4. The van der Waals surface area contributed by atoms with Gasteiger partial charge in [-0.3, -0.25) is 14.4 Å². The van der Waals surface area contributed by atoms with E-state index >= 15 is 0 Å². The molecule has 2 heterocycles. The third kappa shape index (κ3) is 5.05. The summed E-state index contributed by atoms with van der Waals surface area (Å²) >= 11 is 0. The van der Waals surface area contributed by atoms with Gasteiger partial charge in [0.05, 0.1) is 11.6 Å². The van der Waals surface area contributed by atoms with Crippen LogP contribution < -0.4 is 10.9 Å². The Morgan fingerprint density at radius 2 is 1.77 bits per heavy atom. The highest BCUT2D eigenvalue weighted by molar-refractivity contribution is 5.94. The summed E-state index contributed by atoms with van der Waals surface area (Å²) in [7, 11) is 2.06. The first-order valence-electron chi connectivity index (χ1n) is 11.1. The van der Waals surface area contributed by atoms with E-state index in [1.54, 1.807) is 6.07 Å². The van der Waals surface area contributed by atoms with Crippen molar-refractivity contribution in [3.05, 3.63) is 70.1 Å². The van der Waals surface area contributed by atoms with Gasteiger partial charge in [0.2, 0.25) is 5.91 Å². The molecule has 1 atom stereocenters. The largest absolute Gasteiger partial charge is 0.352 e. The van der Waals surface area contributed by atoms with Crippen molar-refractivity contribution in [2.24, 2.45) is 0 Å². The number of hydrogen-bond donors (Lipinski definition) is 1. The molecule has 1 saturated carbocycles. The Hall–Kier alpha value is -2.93. The molecule has 0 bridgehead atoms. The summed E-state index contributed by atoms with van der Waals surface area (Å²) in [6, 6.07) is 13.1. The van der Waals surface area contributed by atoms with Crippen molar-refractivity contribution in [2.75, 3.05) is 26.7 Å². The fourth-order valence-electron chi connectivity index (χ4n) is 4.57. The Morgan fingerprint density at radius 1 is 1.03 bits per heavy atom. The molecule has 0 spiro atoms. The van der Waals surface area contributed by atoms with E-state index in [4.69, 9.17) is 0 Å². The Morgan fingerprint density at radius 3 is 2.52 bits per heavy atom. The van der Waals surface area contributed by atoms with Gasteiger partial charge < -0.3 is 19.7 Å². The molecule has 0 radical (unpaired) electrons. The van der Waals surface area contributed by atoms with Crippen LogP contribution in [0.2, 0.25) is 0 Å². The molecule has 1 N–H and O–H groups in total. The van der Waals surface area contributed by atoms with E-state index in [1.165, 1.54) is 16.8 Å². The molecule has 1 aromatic heterocycles. The Labute approximate surface area is 182 Å². The van der Waals surface area contributed by atoms with Gasteiger partial charge in [0.25, 0.3) is 11.5 Å². The summed E-state index contributed by atoms with van der Waals surface area (Å²) < 4.78 is 1.34. The zero-order valence-corrected chi connectivity index (χ0v) is 18.0. The Balaban J connectivity index is 1.52. The minimum atomic E-state index is -0.281. The molecule has 1 unspecified atom stereocenters. The standard InChI is InChI=1S/C24H30N4O3/c1-26-13-14-28(21(16-26)18-7-3-2-4-8-18)24(31)19-11-12-23(30)27(15-19)17-22(29)25-20-9-5-6-10-20/h2-4,7-8,11-12,15,20-21H,5-6,9-10,13-14,16-17H2,1H3,(H,25,29). The number of carbonyl (C=O) groups is 2. The molecule has 31 heavy (non-hydrogen) atoms. The van der Waals surface area contributed by atoms with Gasteiger partial charge in [0.15, 0.2) is 0 Å². The van der Waals surface area contributed by atoms with Crippen LogP contribution in [0.1, 0.15) is 47.6 Å². The second kappa shape index (κ2) is 9.47. The summed E-state index contributed by atoms with van der Waals surface area (Å²) in [6.45, 7) is 2.08. The van der Waals surface area contributed by atoms with Crippen LogP contribution in [0.15, 0.2) is 53.5 Å². The summed E-state index contributed by atoms with van der Waals surface area (Å²) in [5, 5.41) is 3.00. The van der Waals surface area contributed by atoms with Crippen LogP contribution >= 0.6 is 0 Å². The normalized spacial score (nSPS) is 20.0. The molecule has 1 saturated heterocycles.